The van der Waals surface area contributed by atoms with E-state index in [9.17, 15) is 4.79 Å². The fourth-order valence-corrected chi connectivity index (χ4v) is 3.37. The molecular weight excluding hydrogens is 364 g/mol. The van der Waals surface area contributed by atoms with E-state index in [-0.39, 0.29) is 5.91 Å². The van der Waals surface area contributed by atoms with Gasteiger partial charge in [0.15, 0.2) is 11.6 Å². The Morgan fingerprint density at radius 3 is 2.21 bits per heavy atom. The summed E-state index contributed by atoms with van der Waals surface area (Å²) in [5.74, 6) is 2.26. The zero-order valence-corrected chi connectivity index (χ0v) is 16.2. The highest BCUT2D eigenvalue weighted by atomic mass is 16.1. The number of nitrogens with zero attached hydrogens (tertiary/aromatic N) is 5. The van der Waals surface area contributed by atoms with Crippen molar-refractivity contribution in [3.63, 3.8) is 0 Å². The Morgan fingerprint density at radius 2 is 1.55 bits per heavy atom. The minimum Gasteiger partial charge on any atom is -0.353 e. The van der Waals surface area contributed by atoms with Gasteiger partial charge in [0.05, 0.1) is 0 Å². The largest absolute Gasteiger partial charge is 0.353 e. The van der Waals surface area contributed by atoms with Gasteiger partial charge >= 0.3 is 0 Å². The van der Waals surface area contributed by atoms with E-state index in [2.05, 4.69) is 30.3 Å². The average Bonchev–Trinajstić information content (AvgIpc) is 2.80. The average molecular weight is 388 g/mol. The van der Waals surface area contributed by atoms with Gasteiger partial charge in [-0.2, -0.15) is 0 Å². The minimum absolute atomic E-state index is 0.0557. The molecule has 29 heavy (non-hydrogen) atoms. The summed E-state index contributed by atoms with van der Waals surface area (Å²) >= 11 is 0. The van der Waals surface area contributed by atoms with Gasteiger partial charge in [-0.25, -0.2) is 4.98 Å². The first-order valence-electron chi connectivity index (χ1n) is 9.86. The molecular formula is C22H24N6O. The topological polar surface area (TPSA) is 74.2 Å². The van der Waals surface area contributed by atoms with E-state index >= 15 is 0 Å². The maximum atomic E-state index is 12.1. The van der Waals surface area contributed by atoms with Crippen LogP contribution < -0.4 is 15.1 Å². The van der Waals surface area contributed by atoms with Crippen LogP contribution in [0.4, 0.5) is 17.5 Å². The van der Waals surface area contributed by atoms with Crippen LogP contribution in [0.1, 0.15) is 12.0 Å². The lowest BCUT2D eigenvalue weighted by Gasteiger charge is -2.35. The standard InChI is InChI=1S/C22H24N6O/c29-22(12-9-18-6-2-1-3-7-18)24-19-10-11-21(26-25-19)28-16-14-27(15-17-28)20-8-4-5-13-23-20/h1-8,10-11,13H,9,12,14-17H2,(H,24,25,29). The van der Waals surface area contributed by atoms with Crippen LogP contribution >= 0.6 is 0 Å². The number of rotatable bonds is 6. The van der Waals surface area contributed by atoms with Gasteiger partial charge in [0.1, 0.15) is 5.82 Å². The van der Waals surface area contributed by atoms with Gasteiger partial charge in [-0.15, -0.1) is 10.2 Å². The van der Waals surface area contributed by atoms with Crippen molar-refractivity contribution in [2.75, 3.05) is 41.3 Å². The quantitative estimate of drug-likeness (QED) is 0.700. The number of benzene rings is 1. The molecule has 1 N–H and O–H groups in total. The van der Waals surface area contributed by atoms with E-state index in [1.54, 1.807) is 0 Å². The number of amides is 1. The van der Waals surface area contributed by atoms with Gasteiger partial charge in [0.2, 0.25) is 5.91 Å². The number of carbonyl (C=O) groups excluding carboxylic acids is 1. The van der Waals surface area contributed by atoms with Gasteiger partial charge in [-0.05, 0) is 36.2 Å². The summed E-state index contributed by atoms with van der Waals surface area (Å²) in [4.78, 5) is 21.0. The fraction of sp³-hybridized carbons (Fsp3) is 0.273. The summed E-state index contributed by atoms with van der Waals surface area (Å²) in [6, 6.07) is 19.7. The van der Waals surface area contributed by atoms with E-state index in [0.29, 0.717) is 18.7 Å². The Bertz CT molecular complexity index is 909. The van der Waals surface area contributed by atoms with E-state index in [4.69, 9.17) is 0 Å². The van der Waals surface area contributed by atoms with Crippen molar-refractivity contribution in [2.45, 2.75) is 12.8 Å². The molecule has 1 saturated heterocycles. The molecule has 1 aliphatic rings. The second kappa shape index (κ2) is 9.14. The van der Waals surface area contributed by atoms with Gasteiger partial charge in [-0.3, -0.25) is 4.79 Å². The van der Waals surface area contributed by atoms with Crippen LogP contribution in [0.25, 0.3) is 0 Å². The molecule has 2 aromatic heterocycles. The first-order valence-corrected chi connectivity index (χ1v) is 9.86. The Kier molecular flexibility index (Phi) is 5.95. The summed E-state index contributed by atoms with van der Waals surface area (Å²) in [6.45, 7) is 3.48. The van der Waals surface area contributed by atoms with Gasteiger partial charge < -0.3 is 15.1 Å². The second-order valence-corrected chi connectivity index (χ2v) is 6.97. The number of hydrogen-bond acceptors (Lipinski definition) is 6. The van der Waals surface area contributed by atoms with Crippen molar-refractivity contribution < 1.29 is 4.79 Å². The Balaban J connectivity index is 1.26. The molecule has 0 atom stereocenters. The van der Waals surface area contributed by atoms with Crippen LogP contribution in [0.3, 0.4) is 0 Å². The highest BCUT2D eigenvalue weighted by Gasteiger charge is 2.19. The molecule has 0 radical (unpaired) electrons. The molecule has 0 aliphatic carbocycles. The van der Waals surface area contributed by atoms with Crippen molar-refractivity contribution in [2.24, 2.45) is 0 Å². The molecule has 0 unspecified atom stereocenters. The van der Waals surface area contributed by atoms with Crippen LogP contribution in [0.5, 0.6) is 0 Å². The van der Waals surface area contributed by atoms with Gasteiger partial charge in [0.25, 0.3) is 0 Å². The summed E-state index contributed by atoms with van der Waals surface area (Å²) in [5.41, 5.74) is 1.15. The van der Waals surface area contributed by atoms with Crippen LogP contribution in [-0.4, -0.2) is 47.3 Å². The molecule has 0 bridgehead atoms. The summed E-state index contributed by atoms with van der Waals surface area (Å²) in [6.07, 6.45) is 2.95. The molecule has 7 nitrogen and oxygen atoms in total. The van der Waals surface area contributed by atoms with Gasteiger partial charge in [0, 0.05) is 38.8 Å². The van der Waals surface area contributed by atoms with Crippen LogP contribution in [0, 0.1) is 0 Å². The van der Waals surface area contributed by atoms with Crippen LogP contribution in [0.2, 0.25) is 0 Å². The summed E-state index contributed by atoms with van der Waals surface area (Å²) < 4.78 is 0. The van der Waals surface area contributed by atoms with E-state index in [1.165, 1.54) is 0 Å². The van der Waals surface area contributed by atoms with Crippen molar-refractivity contribution in [1.82, 2.24) is 15.2 Å². The molecule has 1 amide bonds. The predicted octanol–water partition coefficient (Wildman–Crippen LogP) is 2.77. The Morgan fingerprint density at radius 1 is 0.828 bits per heavy atom. The number of aryl methyl sites for hydroxylation is 1. The molecule has 1 aliphatic heterocycles. The summed E-state index contributed by atoms with van der Waals surface area (Å²) in [5, 5.41) is 11.3. The highest BCUT2D eigenvalue weighted by molar-refractivity contribution is 5.89. The maximum Gasteiger partial charge on any atom is 0.225 e. The van der Waals surface area contributed by atoms with E-state index in [1.807, 2.05) is 66.9 Å². The number of nitrogens with one attached hydrogen (secondary N) is 1. The molecule has 1 fully saturated rings. The number of piperazine rings is 1. The Hall–Kier alpha value is -3.48. The molecule has 0 saturated carbocycles. The number of carbonyl (C=O) groups is 1. The number of hydrogen-bond donors (Lipinski definition) is 1. The molecule has 1 aromatic carbocycles. The smallest absolute Gasteiger partial charge is 0.225 e. The third-order valence-electron chi connectivity index (χ3n) is 4.98. The summed E-state index contributed by atoms with van der Waals surface area (Å²) in [7, 11) is 0. The van der Waals surface area contributed by atoms with Crippen molar-refractivity contribution in [1.29, 1.82) is 0 Å². The molecule has 7 heteroatoms. The first kappa shape index (κ1) is 18.9. The maximum absolute atomic E-state index is 12.1. The number of anilines is 3. The molecule has 4 rings (SSSR count). The van der Waals surface area contributed by atoms with E-state index in [0.717, 1.165) is 43.4 Å². The SMILES string of the molecule is O=C(CCc1ccccc1)Nc1ccc(N2CCN(c3ccccn3)CC2)nn1. The highest BCUT2D eigenvalue weighted by Crippen LogP contribution is 2.17. The lowest BCUT2D eigenvalue weighted by Crippen LogP contribution is -2.47. The van der Waals surface area contributed by atoms with Crippen LogP contribution in [0.15, 0.2) is 66.9 Å². The zero-order chi connectivity index (χ0) is 19.9. The van der Waals surface area contributed by atoms with Crippen molar-refractivity contribution in [3.8, 4) is 0 Å². The van der Waals surface area contributed by atoms with Gasteiger partial charge in [-0.1, -0.05) is 36.4 Å². The third-order valence-corrected chi connectivity index (χ3v) is 4.98. The van der Waals surface area contributed by atoms with Crippen molar-refractivity contribution >= 4 is 23.4 Å². The number of pyridine rings is 1. The molecule has 3 heterocycles. The molecule has 148 valence electrons. The first-order chi connectivity index (χ1) is 14.3. The number of aromatic nitrogens is 3. The third kappa shape index (κ3) is 5.07. The van der Waals surface area contributed by atoms with Crippen molar-refractivity contribution in [3.05, 3.63) is 72.4 Å². The van der Waals surface area contributed by atoms with Crippen LogP contribution in [-0.2, 0) is 11.2 Å². The lowest BCUT2D eigenvalue weighted by molar-refractivity contribution is -0.116. The monoisotopic (exact) mass is 388 g/mol. The predicted molar refractivity (Wildman–Crippen MR) is 114 cm³/mol. The normalized spacial score (nSPS) is 13.9. The molecule has 0 spiro atoms. The fourth-order valence-electron chi connectivity index (χ4n) is 3.37. The Labute approximate surface area is 170 Å². The lowest BCUT2D eigenvalue weighted by atomic mass is 10.1. The second-order valence-electron chi connectivity index (χ2n) is 6.97. The van der Waals surface area contributed by atoms with E-state index < -0.39 is 0 Å². The molecule has 3 aromatic rings. The zero-order valence-electron chi connectivity index (χ0n) is 16.2. The minimum atomic E-state index is -0.0557.